The van der Waals surface area contributed by atoms with Gasteiger partial charge in [-0.25, -0.2) is 13.4 Å². The lowest BCUT2D eigenvalue weighted by Gasteiger charge is -2.27. The van der Waals surface area contributed by atoms with Crippen LogP contribution in [0.4, 0.5) is 5.82 Å². The van der Waals surface area contributed by atoms with Crippen LogP contribution in [0.25, 0.3) is 0 Å². The standard InChI is InChI=1S/C18H27N3O4S/c1-4-18(2,3)17(22)20-16-12-15(13-6-5-7-14(13)19-16)26(23,24)21-8-10-25-11-9-21/h12H,4-11H2,1-3H3,(H,19,20,22). The van der Waals surface area contributed by atoms with Gasteiger partial charge < -0.3 is 10.1 Å². The van der Waals surface area contributed by atoms with Crippen LogP contribution in [0, 0.1) is 5.41 Å². The molecule has 0 bridgehead atoms. The third-order valence-corrected chi connectivity index (χ3v) is 7.30. The van der Waals surface area contributed by atoms with Crippen molar-refractivity contribution in [2.45, 2.75) is 51.3 Å². The summed E-state index contributed by atoms with van der Waals surface area (Å²) >= 11 is 0. The molecule has 1 aromatic rings. The molecule has 2 heterocycles. The van der Waals surface area contributed by atoms with Crippen LogP contribution in [0.5, 0.6) is 0 Å². The minimum absolute atomic E-state index is 0.153. The summed E-state index contributed by atoms with van der Waals surface area (Å²) in [5.74, 6) is 0.171. The summed E-state index contributed by atoms with van der Waals surface area (Å²) in [5.41, 5.74) is 1.04. The predicted octanol–water partition coefficient (Wildman–Crippen LogP) is 1.97. The quantitative estimate of drug-likeness (QED) is 0.842. The number of fused-ring (bicyclic) bond motifs is 1. The van der Waals surface area contributed by atoms with Crippen LogP contribution in [-0.2, 0) is 32.4 Å². The van der Waals surface area contributed by atoms with E-state index in [1.54, 1.807) is 0 Å². The first-order chi connectivity index (χ1) is 12.3. The summed E-state index contributed by atoms with van der Waals surface area (Å²) in [7, 11) is -3.62. The zero-order chi connectivity index (χ0) is 18.9. The van der Waals surface area contributed by atoms with Gasteiger partial charge >= 0.3 is 0 Å². The van der Waals surface area contributed by atoms with E-state index in [0.717, 1.165) is 24.1 Å². The van der Waals surface area contributed by atoms with Gasteiger partial charge in [0, 0.05) is 30.3 Å². The molecule has 8 heteroatoms. The van der Waals surface area contributed by atoms with Crippen molar-refractivity contribution >= 4 is 21.7 Å². The molecule has 26 heavy (non-hydrogen) atoms. The van der Waals surface area contributed by atoms with Gasteiger partial charge in [-0.15, -0.1) is 0 Å². The maximum atomic E-state index is 13.2. The van der Waals surface area contributed by atoms with Crippen molar-refractivity contribution in [1.82, 2.24) is 9.29 Å². The van der Waals surface area contributed by atoms with Gasteiger partial charge in [0.15, 0.2) is 0 Å². The number of ether oxygens (including phenoxy) is 1. The molecule has 0 saturated carbocycles. The van der Waals surface area contributed by atoms with Crippen LogP contribution in [0.3, 0.4) is 0 Å². The van der Waals surface area contributed by atoms with Crippen molar-refractivity contribution in [3.05, 3.63) is 17.3 Å². The summed E-state index contributed by atoms with van der Waals surface area (Å²) < 4.78 is 33.1. The number of pyridine rings is 1. The van der Waals surface area contributed by atoms with Crippen molar-refractivity contribution in [3.63, 3.8) is 0 Å². The van der Waals surface area contributed by atoms with Crippen LogP contribution in [0.15, 0.2) is 11.0 Å². The SMILES string of the molecule is CCC(C)(C)C(=O)Nc1cc(S(=O)(=O)N2CCOCC2)c2c(n1)CCC2. The minimum atomic E-state index is -3.62. The number of carbonyl (C=O) groups excluding carboxylic acids is 1. The van der Waals surface area contributed by atoms with E-state index in [1.807, 2.05) is 20.8 Å². The first-order valence-electron chi connectivity index (χ1n) is 9.18. The highest BCUT2D eigenvalue weighted by atomic mass is 32.2. The molecular formula is C18H27N3O4S. The van der Waals surface area contributed by atoms with Gasteiger partial charge in [0.1, 0.15) is 5.82 Å². The lowest BCUT2D eigenvalue weighted by molar-refractivity contribution is -0.124. The number of sulfonamides is 1. The fourth-order valence-corrected chi connectivity index (χ4v) is 4.87. The summed E-state index contributed by atoms with van der Waals surface area (Å²) in [6.07, 6.45) is 3.01. The number of anilines is 1. The smallest absolute Gasteiger partial charge is 0.243 e. The van der Waals surface area contributed by atoms with Gasteiger partial charge in [-0.1, -0.05) is 20.8 Å². The first-order valence-corrected chi connectivity index (χ1v) is 10.6. The number of aryl methyl sites for hydroxylation is 1. The summed E-state index contributed by atoms with van der Waals surface area (Å²) in [4.78, 5) is 17.3. The molecule has 1 amide bonds. The van der Waals surface area contributed by atoms with Crippen LogP contribution in [-0.4, -0.2) is 49.9 Å². The Balaban J connectivity index is 1.98. The molecular weight excluding hydrogens is 354 g/mol. The number of nitrogens with one attached hydrogen (secondary N) is 1. The Morgan fingerprint density at radius 3 is 2.65 bits per heavy atom. The van der Waals surface area contributed by atoms with Crippen molar-refractivity contribution in [2.24, 2.45) is 5.41 Å². The molecule has 7 nitrogen and oxygen atoms in total. The molecule has 0 unspecified atom stereocenters. The highest BCUT2D eigenvalue weighted by Crippen LogP contribution is 2.32. The van der Waals surface area contributed by atoms with Gasteiger partial charge in [0.25, 0.3) is 0 Å². The third kappa shape index (κ3) is 3.63. The second-order valence-corrected chi connectivity index (χ2v) is 9.40. The van der Waals surface area contributed by atoms with Gasteiger partial charge in [0.05, 0.1) is 18.1 Å². The molecule has 1 aromatic heterocycles. The molecule has 0 spiro atoms. The number of rotatable bonds is 5. The molecule has 1 aliphatic heterocycles. The summed E-state index contributed by atoms with van der Waals surface area (Å²) in [6, 6.07) is 1.53. The minimum Gasteiger partial charge on any atom is -0.379 e. The Morgan fingerprint density at radius 1 is 1.31 bits per heavy atom. The van der Waals surface area contributed by atoms with Crippen LogP contribution in [0.1, 0.15) is 44.9 Å². The molecule has 0 radical (unpaired) electrons. The van der Waals surface area contributed by atoms with E-state index in [4.69, 9.17) is 4.74 Å². The average Bonchev–Trinajstić information content (AvgIpc) is 3.10. The number of hydrogen-bond donors (Lipinski definition) is 1. The van der Waals surface area contributed by atoms with Crippen LogP contribution in [0.2, 0.25) is 0 Å². The lowest BCUT2D eigenvalue weighted by Crippen LogP contribution is -2.41. The molecule has 1 saturated heterocycles. The highest BCUT2D eigenvalue weighted by molar-refractivity contribution is 7.89. The van der Waals surface area contributed by atoms with Gasteiger partial charge in [-0.2, -0.15) is 4.31 Å². The zero-order valence-electron chi connectivity index (χ0n) is 15.7. The average molecular weight is 381 g/mol. The van der Waals surface area contributed by atoms with Gasteiger partial charge in [-0.3, -0.25) is 4.79 Å². The van der Waals surface area contributed by atoms with Crippen molar-refractivity contribution in [1.29, 1.82) is 0 Å². The molecule has 3 rings (SSSR count). The summed E-state index contributed by atoms with van der Waals surface area (Å²) in [5, 5.41) is 2.82. The fourth-order valence-electron chi connectivity index (χ4n) is 3.17. The van der Waals surface area contributed by atoms with Crippen molar-refractivity contribution in [2.75, 3.05) is 31.6 Å². The number of morpholine rings is 1. The molecule has 1 aliphatic carbocycles. The Morgan fingerprint density at radius 2 is 2.00 bits per heavy atom. The van der Waals surface area contributed by atoms with Crippen molar-refractivity contribution in [3.8, 4) is 0 Å². The maximum Gasteiger partial charge on any atom is 0.243 e. The maximum absolute atomic E-state index is 13.2. The molecule has 1 fully saturated rings. The number of amides is 1. The number of hydrogen-bond acceptors (Lipinski definition) is 5. The molecule has 1 N–H and O–H groups in total. The number of nitrogens with zero attached hydrogens (tertiary/aromatic N) is 2. The van der Waals surface area contributed by atoms with E-state index in [1.165, 1.54) is 10.4 Å². The number of aromatic nitrogens is 1. The highest BCUT2D eigenvalue weighted by Gasteiger charge is 2.33. The van der Waals surface area contributed by atoms with Crippen LogP contribution < -0.4 is 5.32 Å². The van der Waals surface area contributed by atoms with Gasteiger partial charge in [0.2, 0.25) is 15.9 Å². The molecule has 0 atom stereocenters. The number of carbonyl (C=O) groups is 1. The predicted molar refractivity (Wildman–Crippen MR) is 98.5 cm³/mol. The third-order valence-electron chi connectivity index (χ3n) is 5.34. The Kier molecular flexibility index (Phi) is 5.37. The largest absolute Gasteiger partial charge is 0.379 e. The Labute approximate surface area is 155 Å². The Hall–Kier alpha value is -1.51. The molecule has 0 aromatic carbocycles. The van der Waals surface area contributed by atoms with Crippen molar-refractivity contribution < 1.29 is 17.9 Å². The van der Waals surface area contributed by atoms with E-state index in [0.29, 0.717) is 45.0 Å². The fraction of sp³-hybridized carbons (Fsp3) is 0.667. The van der Waals surface area contributed by atoms with E-state index in [9.17, 15) is 13.2 Å². The van der Waals surface area contributed by atoms with Crippen LogP contribution >= 0.6 is 0 Å². The molecule has 144 valence electrons. The monoisotopic (exact) mass is 381 g/mol. The second kappa shape index (κ2) is 7.25. The summed E-state index contributed by atoms with van der Waals surface area (Å²) in [6.45, 7) is 7.18. The van der Waals surface area contributed by atoms with E-state index in [-0.39, 0.29) is 10.8 Å². The van der Waals surface area contributed by atoms with E-state index >= 15 is 0 Å². The normalized spacial score (nSPS) is 18.6. The lowest BCUT2D eigenvalue weighted by atomic mass is 9.89. The van der Waals surface area contributed by atoms with E-state index < -0.39 is 15.4 Å². The second-order valence-electron chi connectivity index (χ2n) is 7.49. The Bertz CT molecular complexity index is 799. The van der Waals surface area contributed by atoms with Gasteiger partial charge in [-0.05, 0) is 31.2 Å². The zero-order valence-corrected chi connectivity index (χ0v) is 16.5. The van der Waals surface area contributed by atoms with E-state index in [2.05, 4.69) is 10.3 Å². The molecule has 2 aliphatic rings. The topological polar surface area (TPSA) is 88.6 Å². The first kappa shape index (κ1) is 19.3.